The topological polar surface area (TPSA) is 59.8 Å². The Hall–Kier alpha value is -1.40. The fourth-order valence-corrected chi connectivity index (χ4v) is 5.37. The number of likely N-dealkylation sites (N-methyl/N-ethyl adjacent to an activating group) is 1. The van der Waals surface area contributed by atoms with Gasteiger partial charge in [-0.1, -0.05) is 6.42 Å². The summed E-state index contributed by atoms with van der Waals surface area (Å²) in [6.45, 7) is 2.62. The van der Waals surface area contributed by atoms with Crippen LogP contribution in [0.4, 0.5) is 5.00 Å². The fourth-order valence-electron chi connectivity index (χ4n) is 4.08. The number of rotatable bonds is 6. The number of quaternary nitrogens is 1. The highest BCUT2D eigenvalue weighted by Crippen LogP contribution is 2.39. The largest absolute Gasteiger partial charge is 0.462 e. The first-order valence-corrected chi connectivity index (χ1v) is 10.4. The molecular weight excluding hydrogens is 336 g/mol. The number of anilines is 1. The minimum atomic E-state index is -0.301. The molecule has 1 atom stereocenters. The highest BCUT2D eigenvalue weighted by molar-refractivity contribution is 7.17. The summed E-state index contributed by atoms with van der Waals surface area (Å²) in [7, 11) is 2.11. The Bertz CT molecular complexity index is 635. The predicted molar refractivity (Wildman–Crippen MR) is 99.6 cm³/mol. The molecule has 0 radical (unpaired) electrons. The molecule has 1 fully saturated rings. The molecule has 2 aliphatic rings. The third-order valence-corrected chi connectivity index (χ3v) is 6.60. The summed E-state index contributed by atoms with van der Waals surface area (Å²) in [5.74, 6) is -0.307. The monoisotopic (exact) mass is 365 g/mol. The normalized spacial score (nSPS) is 18.6. The molecule has 1 saturated carbocycles. The molecule has 0 aromatic carbocycles. The van der Waals surface area contributed by atoms with Crippen molar-refractivity contribution in [3.63, 3.8) is 0 Å². The first-order valence-electron chi connectivity index (χ1n) is 9.54. The van der Waals surface area contributed by atoms with E-state index in [9.17, 15) is 9.59 Å². The van der Waals surface area contributed by atoms with Crippen molar-refractivity contribution in [2.75, 3.05) is 25.5 Å². The van der Waals surface area contributed by atoms with Crippen molar-refractivity contribution in [1.82, 2.24) is 0 Å². The first-order chi connectivity index (χ1) is 12.1. The van der Waals surface area contributed by atoms with E-state index in [0.717, 1.165) is 24.8 Å². The Labute approximate surface area is 153 Å². The number of esters is 1. The Kier molecular flexibility index (Phi) is 6.12. The van der Waals surface area contributed by atoms with E-state index in [4.69, 9.17) is 4.74 Å². The predicted octanol–water partition coefficient (Wildman–Crippen LogP) is 2.20. The molecule has 6 heteroatoms. The van der Waals surface area contributed by atoms with Crippen LogP contribution in [-0.4, -0.2) is 38.1 Å². The van der Waals surface area contributed by atoms with Crippen LogP contribution in [0.2, 0.25) is 0 Å². The average molecular weight is 366 g/mol. The summed E-state index contributed by atoms with van der Waals surface area (Å²) in [6, 6.07) is 0.581. The zero-order chi connectivity index (χ0) is 17.8. The molecule has 138 valence electrons. The van der Waals surface area contributed by atoms with Crippen LogP contribution in [0, 0.1) is 0 Å². The molecule has 1 aromatic heterocycles. The van der Waals surface area contributed by atoms with Crippen molar-refractivity contribution in [3.8, 4) is 0 Å². The summed E-state index contributed by atoms with van der Waals surface area (Å²) in [4.78, 5) is 27.4. The van der Waals surface area contributed by atoms with Gasteiger partial charge >= 0.3 is 5.97 Å². The number of ether oxygens (including phenoxy) is 1. The minimum Gasteiger partial charge on any atom is -0.462 e. The van der Waals surface area contributed by atoms with E-state index < -0.39 is 0 Å². The lowest BCUT2D eigenvalue weighted by Crippen LogP contribution is -3.14. The van der Waals surface area contributed by atoms with Gasteiger partial charge in [-0.15, -0.1) is 11.3 Å². The number of carbonyl (C=O) groups excluding carboxylic acids is 2. The van der Waals surface area contributed by atoms with Gasteiger partial charge in [0, 0.05) is 4.88 Å². The molecule has 0 bridgehead atoms. The summed E-state index contributed by atoms with van der Waals surface area (Å²) in [5, 5.41) is 3.69. The molecular formula is C19H29N2O3S+. The van der Waals surface area contributed by atoms with Gasteiger partial charge in [0.2, 0.25) is 0 Å². The van der Waals surface area contributed by atoms with E-state index >= 15 is 0 Å². The maximum absolute atomic E-state index is 12.5. The second-order valence-corrected chi connectivity index (χ2v) is 8.29. The Morgan fingerprint density at radius 2 is 1.96 bits per heavy atom. The molecule has 0 spiro atoms. The van der Waals surface area contributed by atoms with Crippen molar-refractivity contribution in [3.05, 3.63) is 16.0 Å². The van der Waals surface area contributed by atoms with Gasteiger partial charge in [0.15, 0.2) is 6.54 Å². The Morgan fingerprint density at radius 3 is 2.68 bits per heavy atom. The maximum atomic E-state index is 12.5. The van der Waals surface area contributed by atoms with Crippen LogP contribution in [-0.2, 0) is 22.4 Å². The maximum Gasteiger partial charge on any atom is 0.341 e. The third kappa shape index (κ3) is 4.23. The molecule has 1 aromatic rings. The molecule has 5 nitrogen and oxygen atoms in total. The van der Waals surface area contributed by atoms with E-state index in [1.165, 1.54) is 41.9 Å². The molecule has 0 aliphatic heterocycles. The second-order valence-electron chi connectivity index (χ2n) is 7.19. The molecule has 1 unspecified atom stereocenters. The van der Waals surface area contributed by atoms with Gasteiger partial charge < -0.3 is 15.0 Å². The van der Waals surface area contributed by atoms with E-state index in [1.54, 1.807) is 11.3 Å². The second kappa shape index (κ2) is 8.32. The zero-order valence-electron chi connectivity index (χ0n) is 15.3. The van der Waals surface area contributed by atoms with Crippen LogP contribution in [0.1, 0.15) is 66.2 Å². The lowest BCUT2D eigenvalue weighted by Gasteiger charge is -2.27. The number of aryl methyl sites for hydroxylation is 1. The van der Waals surface area contributed by atoms with Crippen LogP contribution in [0.15, 0.2) is 0 Å². The van der Waals surface area contributed by atoms with Crippen molar-refractivity contribution >= 4 is 28.2 Å². The van der Waals surface area contributed by atoms with Crippen LogP contribution in [0.25, 0.3) is 0 Å². The van der Waals surface area contributed by atoms with Crippen LogP contribution < -0.4 is 10.2 Å². The molecule has 2 N–H and O–H groups in total. The van der Waals surface area contributed by atoms with Gasteiger partial charge in [-0.3, -0.25) is 4.79 Å². The lowest BCUT2D eigenvalue weighted by atomic mass is 9.94. The number of amides is 1. The third-order valence-electron chi connectivity index (χ3n) is 5.40. The molecule has 2 aliphatic carbocycles. The van der Waals surface area contributed by atoms with E-state index in [1.807, 2.05) is 6.92 Å². The van der Waals surface area contributed by atoms with Gasteiger partial charge in [-0.05, 0) is 57.4 Å². The molecule has 0 saturated heterocycles. The van der Waals surface area contributed by atoms with E-state index in [-0.39, 0.29) is 11.9 Å². The molecule has 1 amide bonds. The van der Waals surface area contributed by atoms with E-state index in [0.29, 0.717) is 29.8 Å². The Morgan fingerprint density at radius 1 is 1.20 bits per heavy atom. The van der Waals surface area contributed by atoms with Crippen LogP contribution >= 0.6 is 11.3 Å². The molecule has 25 heavy (non-hydrogen) atoms. The minimum absolute atomic E-state index is 0.00598. The number of fused-ring (bicyclic) bond motifs is 1. The highest BCUT2D eigenvalue weighted by atomic mass is 32.1. The van der Waals surface area contributed by atoms with Gasteiger partial charge in [-0.2, -0.15) is 0 Å². The van der Waals surface area contributed by atoms with Gasteiger partial charge in [0.05, 0.1) is 25.3 Å². The zero-order valence-corrected chi connectivity index (χ0v) is 16.1. The number of nitrogens with one attached hydrogen (secondary N) is 2. The fraction of sp³-hybridized carbons (Fsp3) is 0.684. The van der Waals surface area contributed by atoms with Crippen LogP contribution in [0.5, 0.6) is 0 Å². The van der Waals surface area contributed by atoms with E-state index in [2.05, 4.69) is 12.4 Å². The molecule has 3 rings (SSSR count). The van der Waals surface area contributed by atoms with Gasteiger partial charge in [-0.25, -0.2) is 4.79 Å². The SMILES string of the molecule is CCOC(=O)c1c(NC(=O)C[NH+](C)C2CCCCC2)sc2c1CCC2. The van der Waals surface area contributed by atoms with Crippen molar-refractivity contribution in [2.45, 2.75) is 64.3 Å². The van der Waals surface area contributed by atoms with Crippen molar-refractivity contribution in [1.29, 1.82) is 0 Å². The first kappa shape index (κ1) is 18.4. The number of carbonyl (C=O) groups is 2. The number of hydrogen-bond acceptors (Lipinski definition) is 4. The van der Waals surface area contributed by atoms with Gasteiger partial charge in [0.25, 0.3) is 5.91 Å². The van der Waals surface area contributed by atoms with Gasteiger partial charge in [0.1, 0.15) is 5.00 Å². The highest BCUT2D eigenvalue weighted by Gasteiger charge is 2.29. The van der Waals surface area contributed by atoms with Crippen LogP contribution in [0.3, 0.4) is 0 Å². The molecule has 1 heterocycles. The number of hydrogen-bond donors (Lipinski definition) is 2. The lowest BCUT2D eigenvalue weighted by molar-refractivity contribution is -0.899. The summed E-state index contributed by atoms with van der Waals surface area (Å²) >= 11 is 1.55. The summed E-state index contributed by atoms with van der Waals surface area (Å²) in [6.07, 6.45) is 9.26. The smallest absolute Gasteiger partial charge is 0.341 e. The quantitative estimate of drug-likeness (QED) is 0.760. The number of thiophene rings is 1. The Balaban J connectivity index is 1.67. The van der Waals surface area contributed by atoms with Crippen molar-refractivity contribution < 1.29 is 19.2 Å². The van der Waals surface area contributed by atoms with Crippen molar-refractivity contribution in [2.24, 2.45) is 0 Å². The summed E-state index contributed by atoms with van der Waals surface area (Å²) in [5.41, 5.74) is 1.69. The average Bonchev–Trinajstić information content (AvgIpc) is 3.16. The standard InChI is InChI=1S/C19H28N2O3S/c1-3-24-19(23)17-14-10-7-11-15(14)25-18(17)20-16(22)12-21(2)13-8-5-4-6-9-13/h13H,3-12H2,1-2H3,(H,20,22)/p+1. The summed E-state index contributed by atoms with van der Waals surface area (Å²) < 4.78 is 5.22.